The zero-order valence-corrected chi connectivity index (χ0v) is 12.0. The van der Waals surface area contributed by atoms with Gasteiger partial charge >= 0.3 is 0 Å². The molecular weight excluding hydrogens is 234 g/mol. The Morgan fingerprint density at radius 3 is 2.53 bits per heavy atom. The minimum Gasteiger partial charge on any atom is -0.412 e. The van der Waals surface area contributed by atoms with Crippen LogP contribution in [-0.4, -0.2) is 43.6 Å². The molecule has 0 radical (unpaired) electrons. The van der Waals surface area contributed by atoms with Crippen molar-refractivity contribution in [2.45, 2.75) is 57.5 Å². The van der Waals surface area contributed by atoms with Gasteiger partial charge in [-0.25, -0.2) is 0 Å². The molecule has 2 rings (SSSR count). The monoisotopic (exact) mass is 255 g/mol. The fourth-order valence-electron chi connectivity index (χ4n) is 2.40. The van der Waals surface area contributed by atoms with Crippen LogP contribution in [0.4, 0.5) is 0 Å². The van der Waals surface area contributed by atoms with Crippen LogP contribution >= 0.6 is 0 Å². The zero-order chi connectivity index (χ0) is 12.8. The Kier molecular flexibility index (Phi) is 3.16. The fourth-order valence-corrected chi connectivity index (χ4v) is 3.70. The number of hydrogen-bond acceptors (Lipinski definition) is 3. The van der Waals surface area contributed by atoms with Gasteiger partial charge in [-0.15, -0.1) is 0 Å². The van der Waals surface area contributed by atoms with E-state index in [0.717, 1.165) is 0 Å². The number of rotatable bonds is 3. The van der Waals surface area contributed by atoms with Crippen molar-refractivity contribution in [3.05, 3.63) is 0 Å². The third-order valence-electron chi connectivity index (χ3n) is 4.14. The van der Waals surface area contributed by atoms with Crippen molar-refractivity contribution < 1.29 is 14.0 Å². The highest BCUT2D eigenvalue weighted by Gasteiger charge is 2.47. The summed E-state index contributed by atoms with van der Waals surface area (Å²) in [5.41, 5.74) is 0.546. The standard InChI is InChI=1S/C12H21NO3Si/c1-8(2)17(3,4)16-9-5-10-11(14)6-12(15)13(10)7-9/h8-10H,5-7H2,1-4H3/t9-,10+/m1/s1. The maximum atomic E-state index is 11.6. The number of hydrogen-bond donors (Lipinski definition) is 0. The molecular formula is C12H21NO3Si. The summed E-state index contributed by atoms with van der Waals surface area (Å²) >= 11 is 0. The van der Waals surface area contributed by atoms with Crippen molar-refractivity contribution >= 4 is 20.0 Å². The normalized spacial score (nSPS) is 29.4. The average molecular weight is 255 g/mol. The molecule has 0 saturated carbocycles. The predicted octanol–water partition coefficient (Wildman–Crippen LogP) is 1.56. The quantitative estimate of drug-likeness (QED) is 0.568. The molecule has 0 unspecified atom stereocenters. The van der Waals surface area contributed by atoms with Gasteiger partial charge in [0.1, 0.15) is 0 Å². The first kappa shape index (κ1) is 12.8. The number of Topliss-reactive ketones (excluding diaryl/α,β-unsaturated/α-hetero) is 1. The van der Waals surface area contributed by atoms with E-state index in [2.05, 4.69) is 26.9 Å². The number of nitrogens with zero attached hydrogens (tertiary/aromatic N) is 1. The Morgan fingerprint density at radius 1 is 1.35 bits per heavy atom. The molecule has 2 heterocycles. The van der Waals surface area contributed by atoms with Crippen molar-refractivity contribution in [2.24, 2.45) is 0 Å². The molecule has 2 aliphatic heterocycles. The van der Waals surface area contributed by atoms with Gasteiger partial charge in [-0.3, -0.25) is 9.59 Å². The number of fused-ring (bicyclic) bond motifs is 1. The summed E-state index contributed by atoms with van der Waals surface area (Å²) in [6.45, 7) is 9.37. The molecule has 17 heavy (non-hydrogen) atoms. The van der Waals surface area contributed by atoms with Gasteiger partial charge in [0.25, 0.3) is 0 Å². The second-order valence-electron chi connectivity index (χ2n) is 5.94. The van der Waals surface area contributed by atoms with E-state index in [1.54, 1.807) is 4.90 Å². The first-order valence-electron chi connectivity index (χ1n) is 6.31. The van der Waals surface area contributed by atoms with E-state index in [-0.39, 0.29) is 30.3 Å². The molecule has 1 amide bonds. The predicted molar refractivity (Wildman–Crippen MR) is 67.2 cm³/mol. The van der Waals surface area contributed by atoms with Crippen LogP contribution < -0.4 is 0 Å². The maximum absolute atomic E-state index is 11.6. The Morgan fingerprint density at radius 2 is 2.00 bits per heavy atom. The van der Waals surface area contributed by atoms with Crippen LogP contribution in [-0.2, 0) is 14.0 Å². The molecule has 0 aromatic rings. The van der Waals surface area contributed by atoms with E-state index in [1.807, 2.05) is 0 Å². The van der Waals surface area contributed by atoms with Crippen LogP contribution in [0.2, 0.25) is 18.6 Å². The van der Waals surface area contributed by atoms with Gasteiger partial charge in [-0.05, 0) is 18.6 Å². The van der Waals surface area contributed by atoms with E-state index < -0.39 is 8.32 Å². The van der Waals surface area contributed by atoms with Gasteiger partial charge in [-0.1, -0.05) is 13.8 Å². The zero-order valence-electron chi connectivity index (χ0n) is 11.0. The summed E-state index contributed by atoms with van der Waals surface area (Å²) in [7, 11) is -1.69. The Bertz CT molecular complexity index is 332. The molecule has 0 N–H and O–H groups in total. The van der Waals surface area contributed by atoms with Crippen molar-refractivity contribution in [2.75, 3.05) is 6.54 Å². The minimum absolute atomic E-state index is 0.0184. The molecule has 2 aliphatic rings. The van der Waals surface area contributed by atoms with Gasteiger partial charge in [0.05, 0.1) is 18.6 Å². The molecule has 2 atom stereocenters. The van der Waals surface area contributed by atoms with Gasteiger partial charge in [0, 0.05) is 13.0 Å². The Hall–Kier alpha value is -0.683. The highest BCUT2D eigenvalue weighted by atomic mass is 28.4. The van der Waals surface area contributed by atoms with Gasteiger partial charge in [-0.2, -0.15) is 0 Å². The van der Waals surface area contributed by atoms with E-state index in [9.17, 15) is 9.59 Å². The van der Waals surface area contributed by atoms with E-state index >= 15 is 0 Å². The number of carbonyl (C=O) groups is 2. The maximum Gasteiger partial charge on any atom is 0.230 e. The van der Waals surface area contributed by atoms with Crippen molar-refractivity contribution in [3.8, 4) is 0 Å². The minimum atomic E-state index is -1.69. The SMILES string of the molecule is CC(C)[Si](C)(C)O[C@@H]1C[C@H]2C(=O)CC(=O)N2C1. The molecule has 0 spiro atoms. The highest BCUT2D eigenvalue weighted by Crippen LogP contribution is 2.32. The summed E-state index contributed by atoms with van der Waals surface area (Å²) in [4.78, 5) is 24.9. The van der Waals surface area contributed by atoms with Crippen LogP contribution in [0, 0.1) is 0 Å². The molecule has 0 aromatic heterocycles. The largest absolute Gasteiger partial charge is 0.412 e. The van der Waals surface area contributed by atoms with Gasteiger partial charge in [0.15, 0.2) is 14.1 Å². The first-order valence-corrected chi connectivity index (χ1v) is 9.30. The van der Waals surface area contributed by atoms with E-state index in [4.69, 9.17) is 4.43 Å². The van der Waals surface area contributed by atoms with Crippen molar-refractivity contribution in [1.29, 1.82) is 0 Å². The van der Waals surface area contributed by atoms with Crippen LogP contribution in [0.25, 0.3) is 0 Å². The number of carbonyl (C=O) groups excluding carboxylic acids is 2. The number of ketones is 1. The van der Waals surface area contributed by atoms with E-state index in [1.165, 1.54) is 0 Å². The highest BCUT2D eigenvalue weighted by molar-refractivity contribution is 6.72. The first-order chi connectivity index (χ1) is 7.81. The van der Waals surface area contributed by atoms with Crippen molar-refractivity contribution in [1.82, 2.24) is 4.90 Å². The molecule has 0 aromatic carbocycles. The lowest BCUT2D eigenvalue weighted by Gasteiger charge is -2.30. The van der Waals surface area contributed by atoms with Crippen LogP contribution in [0.1, 0.15) is 26.7 Å². The summed E-state index contributed by atoms with van der Waals surface area (Å²) in [6.07, 6.45) is 0.869. The van der Waals surface area contributed by atoms with Gasteiger partial charge < -0.3 is 9.33 Å². The summed E-state index contributed by atoms with van der Waals surface area (Å²) < 4.78 is 6.19. The molecule has 2 saturated heterocycles. The summed E-state index contributed by atoms with van der Waals surface area (Å²) in [5.74, 6) is 0.0558. The molecule has 0 bridgehead atoms. The second-order valence-corrected chi connectivity index (χ2v) is 10.5. The topological polar surface area (TPSA) is 46.6 Å². The smallest absolute Gasteiger partial charge is 0.230 e. The molecule has 96 valence electrons. The lowest BCUT2D eigenvalue weighted by atomic mass is 10.1. The average Bonchev–Trinajstić information content (AvgIpc) is 2.69. The fraction of sp³-hybridized carbons (Fsp3) is 0.833. The molecule has 2 fully saturated rings. The molecule has 4 nitrogen and oxygen atoms in total. The lowest BCUT2D eigenvalue weighted by Crippen LogP contribution is -2.39. The van der Waals surface area contributed by atoms with Gasteiger partial charge in [0.2, 0.25) is 5.91 Å². The van der Waals surface area contributed by atoms with Crippen LogP contribution in [0.15, 0.2) is 0 Å². The third kappa shape index (κ3) is 2.31. The summed E-state index contributed by atoms with van der Waals surface area (Å²) in [6, 6.07) is -0.190. The second kappa shape index (κ2) is 4.21. The Balaban J connectivity index is 2.00. The number of amides is 1. The molecule has 0 aliphatic carbocycles. The summed E-state index contributed by atoms with van der Waals surface area (Å²) in [5, 5.41) is 0. The third-order valence-corrected chi connectivity index (χ3v) is 7.86. The van der Waals surface area contributed by atoms with Crippen LogP contribution in [0.3, 0.4) is 0 Å². The van der Waals surface area contributed by atoms with Crippen molar-refractivity contribution in [3.63, 3.8) is 0 Å². The lowest BCUT2D eigenvalue weighted by molar-refractivity contribution is -0.128. The van der Waals surface area contributed by atoms with Crippen LogP contribution in [0.5, 0.6) is 0 Å². The Labute approximate surface area is 103 Å². The van der Waals surface area contributed by atoms with E-state index in [0.29, 0.717) is 18.5 Å². The molecule has 5 heteroatoms.